The van der Waals surface area contributed by atoms with Crippen molar-refractivity contribution >= 4 is 12.0 Å². The summed E-state index contributed by atoms with van der Waals surface area (Å²) in [6, 6.07) is -0.302. The number of carbonyl (C=O) groups excluding carboxylic acids is 1. The fraction of sp³-hybridized carbons (Fsp3) is 0.643. The molecule has 2 aliphatic heterocycles. The molecular formula is C14H19N3O4. The van der Waals surface area contributed by atoms with Gasteiger partial charge in [0, 0.05) is 24.2 Å². The van der Waals surface area contributed by atoms with Crippen molar-refractivity contribution in [3.63, 3.8) is 0 Å². The minimum absolute atomic E-state index is 0.0563. The fourth-order valence-corrected chi connectivity index (χ4v) is 3.58. The highest BCUT2D eigenvalue weighted by Gasteiger charge is 2.51. The molecule has 0 spiro atoms. The van der Waals surface area contributed by atoms with Gasteiger partial charge in [-0.1, -0.05) is 5.16 Å². The second-order valence-electron chi connectivity index (χ2n) is 5.85. The van der Waals surface area contributed by atoms with E-state index in [1.54, 1.807) is 4.90 Å². The number of fused-ring (bicyclic) bond motifs is 2. The van der Waals surface area contributed by atoms with E-state index in [2.05, 4.69) is 10.5 Å². The van der Waals surface area contributed by atoms with Gasteiger partial charge in [0.25, 0.3) is 0 Å². The number of aliphatic carboxylic acids is 1. The number of hydrogen-bond acceptors (Lipinski definition) is 4. The third-order valence-electron chi connectivity index (χ3n) is 4.69. The van der Waals surface area contributed by atoms with Gasteiger partial charge < -0.3 is 19.8 Å². The molecule has 2 saturated heterocycles. The molecule has 2 aliphatic rings. The minimum Gasteiger partial charge on any atom is -0.481 e. The Bertz CT molecular complexity index is 563. The number of urea groups is 1. The number of aryl methyl sites for hydroxylation is 2. The van der Waals surface area contributed by atoms with E-state index >= 15 is 0 Å². The van der Waals surface area contributed by atoms with Crippen molar-refractivity contribution in [2.24, 2.45) is 5.92 Å². The first-order valence-electron chi connectivity index (χ1n) is 7.19. The summed E-state index contributed by atoms with van der Waals surface area (Å²) in [5, 5.41) is 15.9. The van der Waals surface area contributed by atoms with Gasteiger partial charge in [0.05, 0.1) is 11.6 Å². The van der Waals surface area contributed by atoms with Crippen LogP contribution in [0.2, 0.25) is 0 Å². The molecule has 0 saturated carbocycles. The maximum absolute atomic E-state index is 12.4. The molecule has 2 amide bonds. The van der Waals surface area contributed by atoms with Crippen LogP contribution in [0.4, 0.5) is 4.79 Å². The summed E-state index contributed by atoms with van der Waals surface area (Å²) in [5.41, 5.74) is 1.64. The Hall–Kier alpha value is -2.05. The number of rotatable bonds is 3. The molecule has 0 radical (unpaired) electrons. The van der Waals surface area contributed by atoms with Gasteiger partial charge in [-0.25, -0.2) is 4.79 Å². The molecule has 114 valence electrons. The molecule has 3 rings (SSSR count). The average molecular weight is 293 g/mol. The van der Waals surface area contributed by atoms with E-state index in [0.29, 0.717) is 18.7 Å². The number of aromatic nitrogens is 1. The summed E-state index contributed by atoms with van der Waals surface area (Å²) in [6.07, 6.45) is 2.24. The molecule has 7 nitrogen and oxygen atoms in total. The Kier molecular flexibility index (Phi) is 3.35. The minimum atomic E-state index is -0.800. The van der Waals surface area contributed by atoms with Gasteiger partial charge in [0.2, 0.25) is 0 Å². The number of carboxylic acids is 1. The second-order valence-corrected chi connectivity index (χ2v) is 5.85. The van der Waals surface area contributed by atoms with Crippen molar-refractivity contribution in [1.29, 1.82) is 0 Å². The van der Waals surface area contributed by atoms with Crippen molar-refractivity contribution < 1.29 is 19.2 Å². The maximum Gasteiger partial charge on any atom is 0.318 e. The SMILES string of the molecule is Cc1noc(C)c1CNC(=O)N1C2CCC1C(C(=O)O)C2. The number of carbonyl (C=O) groups is 2. The highest BCUT2D eigenvalue weighted by atomic mass is 16.5. The van der Waals surface area contributed by atoms with Crippen LogP contribution in [0.25, 0.3) is 0 Å². The Morgan fingerprint density at radius 1 is 1.43 bits per heavy atom. The van der Waals surface area contributed by atoms with E-state index < -0.39 is 11.9 Å². The topological polar surface area (TPSA) is 95.7 Å². The zero-order valence-electron chi connectivity index (χ0n) is 12.1. The quantitative estimate of drug-likeness (QED) is 0.879. The normalized spacial score (nSPS) is 27.1. The van der Waals surface area contributed by atoms with E-state index in [0.717, 1.165) is 24.1 Å². The number of nitrogens with one attached hydrogen (secondary N) is 1. The number of amides is 2. The van der Waals surface area contributed by atoms with Gasteiger partial charge in [0.15, 0.2) is 0 Å². The van der Waals surface area contributed by atoms with E-state index in [4.69, 9.17) is 4.52 Å². The monoisotopic (exact) mass is 293 g/mol. The largest absolute Gasteiger partial charge is 0.481 e. The Morgan fingerprint density at radius 2 is 2.19 bits per heavy atom. The van der Waals surface area contributed by atoms with Crippen LogP contribution in [0.1, 0.15) is 36.3 Å². The lowest BCUT2D eigenvalue weighted by Crippen LogP contribution is -2.44. The molecule has 3 heterocycles. The van der Waals surface area contributed by atoms with Crippen molar-refractivity contribution in [1.82, 2.24) is 15.4 Å². The van der Waals surface area contributed by atoms with Gasteiger partial charge in [-0.05, 0) is 33.1 Å². The van der Waals surface area contributed by atoms with Crippen LogP contribution in [-0.2, 0) is 11.3 Å². The molecule has 7 heteroatoms. The van der Waals surface area contributed by atoms with Crippen molar-refractivity contribution in [3.05, 3.63) is 17.0 Å². The third kappa shape index (κ3) is 2.26. The van der Waals surface area contributed by atoms with E-state index in [9.17, 15) is 14.7 Å². The predicted octanol–water partition coefficient (Wildman–Crippen LogP) is 1.44. The first-order chi connectivity index (χ1) is 9.99. The van der Waals surface area contributed by atoms with Crippen LogP contribution in [0.15, 0.2) is 4.52 Å². The van der Waals surface area contributed by atoms with Gasteiger partial charge in [0.1, 0.15) is 5.76 Å². The molecule has 3 unspecified atom stereocenters. The van der Waals surface area contributed by atoms with Crippen LogP contribution in [-0.4, -0.2) is 39.2 Å². The van der Waals surface area contributed by atoms with Crippen LogP contribution < -0.4 is 5.32 Å². The lowest BCUT2D eigenvalue weighted by molar-refractivity contribution is -0.142. The van der Waals surface area contributed by atoms with Crippen LogP contribution in [0.3, 0.4) is 0 Å². The maximum atomic E-state index is 12.4. The molecular weight excluding hydrogens is 274 g/mol. The first-order valence-corrected chi connectivity index (χ1v) is 7.19. The van der Waals surface area contributed by atoms with Crippen LogP contribution in [0, 0.1) is 19.8 Å². The first kappa shape index (κ1) is 13.9. The molecule has 2 fully saturated rings. The van der Waals surface area contributed by atoms with Gasteiger partial charge in [-0.15, -0.1) is 0 Å². The standard InChI is InChI=1S/C14H19N3O4/c1-7-11(8(2)21-16-7)6-15-14(20)17-9-3-4-12(17)10(5-9)13(18)19/h9-10,12H,3-6H2,1-2H3,(H,15,20)(H,18,19). The molecule has 0 aliphatic carbocycles. The second kappa shape index (κ2) is 5.05. The van der Waals surface area contributed by atoms with Gasteiger partial charge in [-0.2, -0.15) is 0 Å². The summed E-state index contributed by atoms with van der Waals surface area (Å²) in [4.78, 5) is 25.3. The molecule has 2 bridgehead atoms. The number of hydrogen-bond donors (Lipinski definition) is 2. The van der Waals surface area contributed by atoms with E-state index in [-0.39, 0.29) is 18.1 Å². The van der Waals surface area contributed by atoms with E-state index in [1.807, 2.05) is 13.8 Å². The highest BCUT2D eigenvalue weighted by Crippen LogP contribution is 2.41. The third-order valence-corrected chi connectivity index (χ3v) is 4.69. The van der Waals surface area contributed by atoms with Crippen LogP contribution >= 0.6 is 0 Å². The molecule has 1 aromatic heterocycles. The molecule has 21 heavy (non-hydrogen) atoms. The van der Waals surface area contributed by atoms with Crippen LogP contribution in [0.5, 0.6) is 0 Å². The molecule has 3 atom stereocenters. The number of nitrogens with zero attached hydrogens (tertiary/aromatic N) is 2. The fourth-order valence-electron chi connectivity index (χ4n) is 3.58. The van der Waals surface area contributed by atoms with Crippen molar-refractivity contribution in [3.8, 4) is 0 Å². The summed E-state index contributed by atoms with van der Waals surface area (Å²) in [6.45, 7) is 3.99. The smallest absolute Gasteiger partial charge is 0.318 e. The lowest BCUT2D eigenvalue weighted by atomic mass is 9.89. The Labute approximate surface area is 122 Å². The summed E-state index contributed by atoms with van der Waals surface area (Å²) >= 11 is 0. The highest BCUT2D eigenvalue weighted by molar-refractivity contribution is 5.79. The summed E-state index contributed by atoms with van der Waals surface area (Å²) in [5.74, 6) is -0.528. The van der Waals surface area contributed by atoms with Gasteiger partial charge >= 0.3 is 12.0 Å². The zero-order valence-corrected chi connectivity index (χ0v) is 12.1. The molecule has 1 aromatic rings. The molecule has 0 aromatic carbocycles. The lowest BCUT2D eigenvalue weighted by Gasteiger charge is -2.23. The number of carboxylic acid groups (broad SMARTS) is 1. The van der Waals surface area contributed by atoms with Gasteiger partial charge in [-0.3, -0.25) is 4.79 Å². The van der Waals surface area contributed by atoms with Crippen molar-refractivity contribution in [2.75, 3.05) is 0 Å². The summed E-state index contributed by atoms with van der Waals surface area (Å²) in [7, 11) is 0. The zero-order chi connectivity index (χ0) is 15.1. The molecule has 2 N–H and O–H groups in total. The summed E-state index contributed by atoms with van der Waals surface area (Å²) < 4.78 is 5.06. The van der Waals surface area contributed by atoms with E-state index in [1.165, 1.54) is 0 Å². The predicted molar refractivity (Wildman–Crippen MR) is 72.6 cm³/mol. The Balaban J connectivity index is 1.66. The van der Waals surface area contributed by atoms with Crippen molar-refractivity contribution in [2.45, 2.75) is 51.7 Å². The average Bonchev–Trinajstić information content (AvgIpc) is 3.10. The Morgan fingerprint density at radius 3 is 2.76 bits per heavy atom.